The van der Waals surface area contributed by atoms with E-state index in [0.717, 1.165) is 0 Å². The van der Waals surface area contributed by atoms with Gasteiger partial charge in [-0.05, 0) is 55.9 Å². The van der Waals surface area contributed by atoms with Crippen LogP contribution in [0.4, 0.5) is 0 Å². The first-order chi connectivity index (χ1) is 28.6. The fraction of sp³-hybridized carbons (Fsp3) is 0.703. The van der Waals surface area contributed by atoms with Gasteiger partial charge >= 0.3 is 23.9 Å². The number of likely N-dealkylation sites (tertiary alicyclic amines) is 1. The molecular weight excluding hydrogens is 829 g/mol. The first-order valence-corrected chi connectivity index (χ1v) is 21.2. The number of carbonyl (C=O) groups is 11. The van der Waals surface area contributed by atoms with E-state index in [1.807, 2.05) is 0 Å². The number of carbonyl (C=O) groups excluding carboxylic acids is 7. The van der Waals surface area contributed by atoms with Gasteiger partial charge in [0.15, 0.2) is 0 Å². The largest absolute Gasteiger partial charge is 0.481 e. The highest BCUT2D eigenvalue weighted by atomic mass is 32.2. The number of hydrogen-bond donors (Lipinski definition) is 11. The Morgan fingerprint density at radius 1 is 0.656 bits per heavy atom. The summed E-state index contributed by atoms with van der Waals surface area (Å²) in [5, 5.41) is 51.7. The smallest absolute Gasteiger partial charge is 0.326 e. The summed E-state index contributed by atoms with van der Waals surface area (Å²) in [5.41, 5.74) is 5.46. The maximum Gasteiger partial charge on any atom is 0.326 e. The van der Waals surface area contributed by atoms with Gasteiger partial charge in [0.1, 0.15) is 42.3 Å². The van der Waals surface area contributed by atoms with Gasteiger partial charge in [0.25, 0.3) is 0 Å². The summed E-state index contributed by atoms with van der Waals surface area (Å²) in [6.45, 7) is 6.28. The molecule has 0 spiro atoms. The van der Waals surface area contributed by atoms with Gasteiger partial charge in [0.2, 0.25) is 41.4 Å². The molecule has 0 saturated carbocycles. The summed E-state index contributed by atoms with van der Waals surface area (Å²) in [6.07, 6.45) is -0.392. The molecule has 0 aliphatic carbocycles. The van der Waals surface area contributed by atoms with Crippen LogP contribution in [0.25, 0.3) is 0 Å². The molecule has 1 aliphatic heterocycles. The lowest BCUT2D eigenvalue weighted by atomic mass is 9.95. The fourth-order valence-corrected chi connectivity index (χ4v) is 6.69. The third-order valence-electron chi connectivity index (χ3n) is 9.89. The van der Waals surface area contributed by atoms with E-state index in [1.165, 1.54) is 16.7 Å². The first kappa shape index (κ1) is 53.5. The molecule has 8 atom stereocenters. The molecule has 0 bridgehead atoms. The van der Waals surface area contributed by atoms with Crippen LogP contribution in [0.15, 0.2) is 0 Å². The quantitative estimate of drug-likeness (QED) is 0.0390. The second-order valence-corrected chi connectivity index (χ2v) is 15.9. The normalized spacial score (nSPS) is 17.0. The summed E-state index contributed by atoms with van der Waals surface area (Å²) in [7, 11) is 0. The van der Waals surface area contributed by atoms with Crippen LogP contribution in [0.5, 0.6) is 0 Å². The van der Waals surface area contributed by atoms with Crippen molar-refractivity contribution in [2.45, 2.75) is 128 Å². The third-order valence-corrected chi connectivity index (χ3v) is 10.5. The van der Waals surface area contributed by atoms with Crippen LogP contribution in [0, 0.1) is 11.8 Å². The monoisotopic (exact) mass is 888 g/mol. The number of carboxylic acids is 4. The van der Waals surface area contributed by atoms with Crippen molar-refractivity contribution in [2.24, 2.45) is 17.6 Å². The summed E-state index contributed by atoms with van der Waals surface area (Å²) in [4.78, 5) is 141. The van der Waals surface area contributed by atoms with Crippen molar-refractivity contribution in [1.29, 1.82) is 0 Å². The van der Waals surface area contributed by atoms with Crippen molar-refractivity contribution in [3.63, 3.8) is 0 Å². The second kappa shape index (κ2) is 26.6. The molecular formula is C37H60N8O15S. The molecule has 1 rings (SSSR count). The van der Waals surface area contributed by atoms with Crippen molar-refractivity contribution in [3.8, 4) is 0 Å². The highest BCUT2D eigenvalue weighted by molar-refractivity contribution is 7.98. The summed E-state index contributed by atoms with van der Waals surface area (Å²) >= 11 is 1.31. The Morgan fingerprint density at radius 3 is 1.61 bits per heavy atom. The fourth-order valence-electron chi connectivity index (χ4n) is 6.22. The van der Waals surface area contributed by atoms with Crippen molar-refractivity contribution in [3.05, 3.63) is 0 Å². The van der Waals surface area contributed by atoms with E-state index in [-0.39, 0.29) is 25.9 Å². The van der Waals surface area contributed by atoms with Crippen LogP contribution in [0.3, 0.4) is 0 Å². The highest BCUT2D eigenvalue weighted by Crippen LogP contribution is 2.18. The van der Waals surface area contributed by atoms with Gasteiger partial charge in [0.05, 0.1) is 13.0 Å². The number of carboxylic acid groups (broad SMARTS) is 4. The molecule has 1 saturated heterocycles. The minimum atomic E-state index is -1.80. The van der Waals surface area contributed by atoms with E-state index in [1.54, 1.807) is 34.0 Å². The number of aliphatic carboxylic acids is 4. The van der Waals surface area contributed by atoms with Crippen molar-refractivity contribution in [1.82, 2.24) is 36.8 Å². The van der Waals surface area contributed by atoms with Gasteiger partial charge in [0, 0.05) is 19.4 Å². The molecule has 1 heterocycles. The Labute approximate surface area is 356 Å². The lowest BCUT2D eigenvalue weighted by Gasteiger charge is -2.30. The molecule has 24 heteroatoms. The van der Waals surface area contributed by atoms with E-state index in [2.05, 4.69) is 31.9 Å². The number of rotatable bonds is 28. The zero-order valence-corrected chi connectivity index (χ0v) is 35.7. The molecule has 0 aromatic rings. The van der Waals surface area contributed by atoms with Crippen molar-refractivity contribution >= 4 is 77.0 Å². The van der Waals surface area contributed by atoms with Crippen LogP contribution in [-0.4, -0.2) is 158 Å². The number of nitrogens with zero attached hydrogens (tertiary/aromatic N) is 1. The molecule has 1 aliphatic rings. The van der Waals surface area contributed by atoms with Crippen LogP contribution in [0.1, 0.15) is 85.5 Å². The van der Waals surface area contributed by atoms with Gasteiger partial charge in [-0.1, -0.05) is 34.1 Å². The van der Waals surface area contributed by atoms with Crippen LogP contribution < -0.4 is 37.6 Å². The number of nitrogens with two attached hydrogens (primary N) is 1. The molecule has 0 unspecified atom stereocenters. The molecule has 1 fully saturated rings. The Bertz CT molecular complexity index is 1610. The molecule has 0 aromatic heterocycles. The van der Waals surface area contributed by atoms with Crippen molar-refractivity contribution in [2.75, 3.05) is 25.1 Å². The van der Waals surface area contributed by atoms with Crippen LogP contribution in [-0.2, 0) is 52.7 Å². The highest BCUT2D eigenvalue weighted by Gasteiger charge is 2.38. The number of amides is 7. The standard InChI is InChI=1S/C37H60N8O15S/c1-6-19(4)30(36(58)41-22(13-15-61-5)32(54)42-23(37(59)60)16-28(51)52)44-35(57)29(18(2)3)43-33(55)21(10-12-27(49)50)39-31(53)20(9-11-26(47)48)40-34(56)24-8-7-14-45(24)25(46)17-38/h18-24,29-30H,6-17,38H2,1-5H3,(H,39,53)(H,40,56)(H,41,58)(H,42,54)(H,43,55)(H,44,57)(H,47,48)(H,49,50)(H,51,52)(H,59,60)/t19-,20-,21-,22-,23-,24-,29-,30-/m0/s1. The van der Waals surface area contributed by atoms with E-state index < -0.39 is 151 Å². The summed E-state index contributed by atoms with van der Waals surface area (Å²) in [5.74, 6) is -12.8. The third kappa shape index (κ3) is 18.3. The molecule has 61 heavy (non-hydrogen) atoms. The summed E-state index contributed by atoms with van der Waals surface area (Å²) < 4.78 is 0. The predicted octanol–water partition coefficient (Wildman–Crippen LogP) is -2.41. The van der Waals surface area contributed by atoms with E-state index in [9.17, 15) is 68.1 Å². The van der Waals surface area contributed by atoms with Gasteiger partial charge in [-0.2, -0.15) is 11.8 Å². The SMILES string of the molecule is CC[C@H](C)[C@H](NC(=O)[C@@H](NC(=O)[C@H](CCC(=O)O)NC(=O)[C@H](CCC(=O)O)NC(=O)[C@@H]1CCCN1C(=O)CN)C(C)C)C(=O)N[C@@H](CCSC)C(=O)N[C@@H](CC(=O)O)C(=O)O. The minimum Gasteiger partial charge on any atom is -0.481 e. The lowest BCUT2D eigenvalue weighted by molar-refractivity contribution is -0.147. The Hall–Kier alpha value is -5.52. The Morgan fingerprint density at radius 2 is 1.13 bits per heavy atom. The molecule has 7 amide bonds. The van der Waals surface area contributed by atoms with E-state index >= 15 is 0 Å². The van der Waals surface area contributed by atoms with Gasteiger partial charge < -0.3 is 63.0 Å². The lowest BCUT2D eigenvalue weighted by Crippen LogP contribution is -2.61. The van der Waals surface area contributed by atoms with Gasteiger partial charge in [-0.15, -0.1) is 0 Å². The molecule has 12 N–H and O–H groups in total. The average Bonchev–Trinajstić information content (AvgIpc) is 3.69. The summed E-state index contributed by atoms with van der Waals surface area (Å²) in [6, 6.07) is -10.1. The maximum atomic E-state index is 13.9. The number of nitrogens with one attached hydrogen (secondary N) is 6. The minimum absolute atomic E-state index is 0.00127. The Kier molecular flexibility index (Phi) is 23.4. The predicted molar refractivity (Wildman–Crippen MR) is 216 cm³/mol. The molecule has 0 aromatic carbocycles. The molecule has 0 radical (unpaired) electrons. The van der Waals surface area contributed by atoms with Crippen LogP contribution in [0.2, 0.25) is 0 Å². The number of hydrogen-bond acceptors (Lipinski definition) is 13. The topological polar surface area (TPSA) is 370 Å². The van der Waals surface area contributed by atoms with Crippen LogP contribution >= 0.6 is 11.8 Å². The zero-order chi connectivity index (χ0) is 46.6. The first-order valence-electron chi connectivity index (χ1n) is 19.8. The molecule has 344 valence electrons. The maximum absolute atomic E-state index is 13.9. The van der Waals surface area contributed by atoms with Crippen molar-refractivity contribution < 1.29 is 73.2 Å². The number of thioether (sulfide) groups is 1. The second-order valence-electron chi connectivity index (χ2n) is 14.9. The Balaban J connectivity index is 3.35. The van der Waals surface area contributed by atoms with E-state index in [4.69, 9.17) is 10.8 Å². The average molecular weight is 889 g/mol. The van der Waals surface area contributed by atoms with Gasteiger partial charge in [-0.25, -0.2) is 4.79 Å². The molecule has 23 nitrogen and oxygen atoms in total. The van der Waals surface area contributed by atoms with Gasteiger partial charge in [-0.3, -0.25) is 47.9 Å². The van der Waals surface area contributed by atoms with E-state index in [0.29, 0.717) is 18.6 Å². The zero-order valence-electron chi connectivity index (χ0n) is 34.9.